The maximum absolute atomic E-state index is 11.0. The lowest BCUT2D eigenvalue weighted by atomic mass is 10.0. The van der Waals surface area contributed by atoms with Gasteiger partial charge in [0, 0.05) is 24.2 Å². The van der Waals surface area contributed by atoms with E-state index in [9.17, 15) is 10.1 Å². The van der Waals surface area contributed by atoms with Crippen LogP contribution in [0.1, 0.15) is 44.9 Å². The van der Waals surface area contributed by atoms with Crippen molar-refractivity contribution in [2.24, 2.45) is 0 Å². The van der Waals surface area contributed by atoms with E-state index in [1.807, 2.05) is 18.7 Å². The lowest BCUT2D eigenvalue weighted by Crippen LogP contribution is -2.21. The predicted octanol–water partition coefficient (Wildman–Crippen LogP) is 3.81. The van der Waals surface area contributed by atoms with Crippen LogP contribution in [0.3, 0.4) is 0 Å². The van der Waals surface area contributed by atoms with Crippen LogP contribution >= 0.6 is 0 Å². The predicted molar refractivity (Wildman–Crippen MR) is 95.7 cm³/mol. The van der Waals surface area contributed by atoms with E-state index in [2.05, 4.69) is 18.8 Å². The van der Waals surface area contributed by atoms with Gasteiger partial charge in [-0.2, -0.15) is 4.98 Å². The number of nitro benzene ring substituents is 1. The fraction of sp³-hybridized carbons (Fsp3) is 0.412. The summed E-state index contributed by atoms with van der Waals surface area (Å²) in [6, 6.07) is 6.44. The molecule has 2 rings (SSSR count). The molecule has 7 heteroatoms. The highest BCUT2D eigenvalue weighted by Gasteiger charge is 2.19. The Kier molecular flexibility index (Phi) is 5.33. The lowest BCUT2D eigenvalue weighted by Gasteiger charge is -2.23. The van der Waals surface area contributed by atoms with Crippen LogP contribution in [-0.4, -0.2) is 21.4 Å². The highest BCUT2D eigenvalue weighted by atomic mass is 16.6. The van der Waals surface area contributed by atoms with E-state index in [0.717, 1.165) is 17.7 Å². The summed E-state index contributed by atoms with van der Waals surface area (Å²) in [5, 5.41) is 11.0. The average Bonchev–Trinajstić information content (AvgIpc) is 2.55. The van der Waals surface area contributed by atoms with Crippen LogP contribution in [0.2, 0.25) is 0 Å². The van der Waals surface area contributed by atoms with Crippen LogP contribution in [0.5, 0.6) is 0 Å². The SMILES string of the molecule is CCc1c(N)nc(N(CC)c2cccc([N+](=O)[O-])c2)nc1C(C)C. The third kappa shape index (κ3) is 3.45. The quantitative estimate of drug-likeness (QED) is 0.639. The molecule has 0 aliphatic rings. The Balaban J connectivity index is 2.55. The van der Waals surface area contributed by atoms with Crippen molar-refractivity contribution in [3.63, 3.8) is 0 Å². The molecule has 1 aromatic carbocycles. The molecule has 0 amide bonds. The molecule has 0 saturated heterocycles. The first-order valence-corrected chi connectivity index (χ1v) is 8.07. The highest BCUT2D eigenvalue weighted by Crippen LogP contribution is 2.30. The van der Waals surface area contributed by atoms with Crippen LogP contribution in [0.15, 0.2) is 24.3 Å². The zero-order valence-electron chi connectivity index (χ0n) is 14.5. The summed E-state index contributed by atoms with van der Waals surface area (Å²) in [6.45, 7) is 8.67. The topological polar surface area (TPSA) is 98.2 Å². The highest BCUT2D eigenvalue weighted by molar-refractivity contribution is 5.62. The van der Waals surface area contributed by atoms with E-state index in [1.54, 1.807) is 12.1 Å². The number of nitrogens with two attached hydrogens (primary N) is 1. The summed E-state index contributed by atoms with van der Waals surface area (Å²) >= 11 is 0. The zero-order chi connectivity index (χ0) is 17.9. The average molecular weight is 329 g/mol. The number of non-ortho nitro benzene ring substituents is 1. The Morgan fingerprint density at radius 1 is 1.29 bits per heavy atom. The zero-order valence-corrected chi connectivity index (χ0v) is 14.5. The summed E-state index contributed by atoms with van der Waals surface area (Å²) in [5.41, 5.74) is 8.72. The molecule has 0 aliphatic heterocycles. The normalized spacial score (nSPS) is 10.9. The Morgan fingerprint density at radius 3 is 2.54 bits per heavy atom. The minimum Gasteiger partial charge on any atom is -0.383 e. The summed E-state index contributed by atoms with van der Waals surface area (Å²) in [5.74, 6) is 1.15. The number of rotatable bonds is 6. The molecule has 0 spiro atoms. The fourth-order valence-corrected chi connectivity index (χ4v) is 2.68. The lowest BCUT2D eigenvalue weighted by molar-refractivity contribution is -0.384. The number of anilines is 3. The van der Waals surface area contributed by atoms with Gasteiger partial charge in [0.05, 0.1) is 16.3 Å². The Bertz CT molecular complexity index is 746. The molecule has 7 nitrogen and oxygen atoms in total. The van der Waals surface area contributed by atoms with Crippen molar-refractivity contribution in [3.05, 3.63) is 45.6 Å². The van der Waals surface area contributed by atoms with Crippen LogP contribution < -0.4 is 10.6 Å². The fourth-order valence-electron chi connectivity index (χ4n) is 2.68. The van der Waals surface area contributed by atoms with E-state index in [0.29, 0.717) is 24.0 Å². The second kappa shape index (κ2) is 7.25. The minimum absolute atomic E-state index is 0.0354. The Labute approximate surface area is 141 Å². The monoisotopic (exact) mass is 329 g/mol. The van der Waals surface area contributed by atoms with Crippen LogP contribution in [0, 0.1) is 10.1 Å². The van der Waals surface area contributed by atoms with Gasteiger partial charge in [0.15, 0.2) is 0 Å². The van der Waals surface area contributed by atoms with Crippen molar-refractivity contribution in [2.75, 3.05) is 17.2 Å². The first kappa shape index (κ1) is 17.7. The van der Waals surface area contributed by atoms with Crippen LogP contribution in [-0.2, 0) is 6.42 Å². The van der Waals surface area contributed by atoms with Gasteiger partial charge in [-0.15, -0.1) is 0 Å². The second-order valence-corrected chi connectivity index (χ2v) is 5.80. The van der Waals surface area contributed by atoms with Gasteiger partial charge in [0.1, 0.15) is 5.82 Å². The maximum atomic E-state index is 11.0. The molecule has 128 valence electrons. The van der Waals surface area contributed by atoms with E-state index in [4.69, 9.17) is 10.7 Å². The van der Waals surface area contributed by atoms with Crippen molar-refractivity contribution in [1.29, 1.82) is 0 Å². The Morgan fingerprint density at radius 2 is 2.00 bits per heavy atom. The minimum atomic E-state index is -0.410. The summed E-state index contributed by atoms with van der Waals surface area (Å²) in [7, 11) is 0. The molecule has 0 saturated carbocycles. The number of nitrogen functional groups attached to an aromatic ring is 1. The number of hydrogen-bond donors (Lipinski definition) is 1. The summed E-state index contributed by atoms with van der Waals surface area (Å²) in [4.78, 5) is 21.6. The molecule has 0 unspecified atom stereocenters. The van der Waals surface area contributed by atoms with Crippen molar-refractivity contribution in [2.45, 2.75) is 40.0 Å². The van der Waals surface area contributed by atoms with Gasteiger partial charge < -0.3 is 10.6 Å². The first-order valence-electron chi connectivity index (χ1n) is 8.07. The molecule has 0 fully saturated rings. The van der Waals surface area contributed by atoms with Crippen molar-refractivity contribution >= 4 is 23.1 Å². The van der Waals surface area contributed by atoms with Crippen molar-refractivity contribution in [1.82, 2.24) is 9.97 Å². The molecule has 0 atom stereocenters. The van der Waals surface area contributed by atoms with Gasteiger partial charge in [-0.05, 0) is 25.3 Å². The number of hydrogen-bond acceptors (Lipinski definition) is 6. The second-order valence-electron chi connectivity index (χ2n) is 5.80. The number of aromatic nitrogens is 2. The van der Waals surface area contributed by atoms with Crippen molar-refractivity contribution < 1.29 is 4.92 Å². The summed E-state index contributed by atoms with van der Waals surface area (Å²) < 4.78 is 0. The van der Waals surface area contributed by atoms with Gasteiger partial charge in [-0.3, -0.25) is 10.1 Å². The molecular weight excluding hydrogens is 306 g/mol. The van der Waals surface area contributed by atoms with E-state index < -0.39 is 4.92 Å². The van der Waals surface area contributed by atoms with E-state index in [-0.39, 0.29) is 11.6 Å². The molecular formula is C17H23N5O2. The van der Waals surface area contributed by atoms with Gasteiger partial charge >= 0.3 is 0 Å². The molecule has 0 aliphatic carbocycles. The number of nitro groups is 1. The third-order valence-electron chi connectivity index (χ3n) is 3.87. The number of nitrogens with zero attached hydrogens (tertiary/aromatic N) is 4. The van der Waals surface area contributed by atoms with E-state index >= 15 is 0 Å². The van der Waals surface area contributed by atoms with Gasteiger partial charge in [-0.1, -0.05) is 26.8 Å². The maximum Gasteiger partial charge on any atom is 0.271 e. The van der Waals surface area contributed by atoms with Crippen molar-refractivity contribution in [3.8, 4) is 0 Å². The molecule has 2 N–H and O–H groups in total. The van der Waals surface area contributed by atoms with Gasteiger partial charge in [0.25, 0.3) is 5.69 Å². The molecule has 1 aromatic heterocycles. The number of benzene rings is 1. The molecule has 0 radical (unpaired) electrons. The molecule has 2 aromatic rings. The summed E-state index contributed by atoms with van der Waals surface area (Å²) in [6.07, 6.45) is 0.766. The largest absolute Gasteiger partial charge is 0.383 e. The first-order chi connectivity index (χ1) is 11.4. The van der Waals surface area contributed by atoms with Crippen LogP contribution in [0.25, 0.3) is 0 Å². The molecule has 24 heavy (non-hydrogen) atoms. The van der Waals surface area contributed by atoms with Crippen LogP contribution in [0.4, 0.5) is 23.1 Å². The molecule has 0 bridgehead atoms. The van der Waals surface area contributed by atoms with Gasteiger partial charge in [0.2, 0.25) is 5.95 Å². The van der Waals surface area contributed by atoms with Gasteiger partial charge in [-0.25, -0.2) is 4.98 Å². The smallest absolute Gasteiger partial charge is 0.271 e. The standard InChI is InChI=1S/C17H23N5O2/c1-5-14-15(11(3)4)19-17(20-16(14)18)21(6-2)12-8-7-9-13(10-12)22(23)24/h7-11H,5-6H2,1-4H3,(H2,18,19,20). The third-order valence-corrected chi connectivity index (χ3v) is 3.87. The Hall–Kier alpha value is -2.70. The molecule has 1 heterocycles. The van der Waals surface area contributed by atoms with E-state index in [1.165, 1.54) is 12.1 Å².